The average Bonchev–Trinajstić information content (AvgIpc) is 3.27. The highest BCUT2D eigenvalue weighted by Gasteiger charge is 2.26. The van der Waals surface area contributed by atoms with Crippen LogP contribution in [0.5, 0.6) is 0 Å². The molecule has 0 fully saturated rings. The van der Waals surface area contributed by atoms with E-state index in [1.165, 1.54) is 4.31 Å². The van der Waals surface area contributed by atoms with Crippen molar-refractivity contribution in [2.45, 2.75) is 18.0 Å². The van der Waals surface area contributed by atoms with Crippen LogP contribution < -0.4 is 0 Å². The molecule has 4 rings (SSSR count). The first-order valence-electron chi connectivity index (χ1n) is 10.1. The quantitative estimate of drug-likeness (QED) is 0.253. The zero-order chi connectivity index (χ0) is 23.3. The Morgan fingerprint density at radius 1 is 0.788 bits per heavy atom. The third kappa shape index (κ3) is 6.12. The van der Waals surface area contributed by atoms with Gasteiger partial charge in [0.25, 0.3) is 0 Å². The van der Waals surface area contributed by atoms with E-state index in [-0.39, 0.29) is 18.0 Å². The van der Waals surface area contributed by atoms with Gasteiger partial charge in [0.05, 0.1) is 23.3 Å². The minimum Gasteiger partial charge on any atom is -0.459 e. The molecule has 8 heteroatoms. The minimum atomic E-state index is -3.76. The standard InChI is InChI=1S/C25H20Cl2N2O3S/c26-20-8-6-19(7-9-20)17-29(33(30,31)25-4-2-1-3-5-25)18-24-15-14-23(32-24)16-28-22-12-10-21(27)11-13-22/h1-16H,17-18H2. The van der Waals surface area contributed by atoms with E-state index in [9.17, 15) is 8.42 Å². The van der Waals surface area contributed by atoms with Crippen LogP contribution in [0, 0.1) is 0 Å². The van der Waals surface area contributed by atoms with Crippen LogP contribution >= 0.6 is 23.2 Å². The molecule has 0 unspecified atom stereocenters. The van der Waals surface area contributed by atoms with Gasteiger partial charge in [-0.15, -0.1) is 0 Å². The number of sulfonamides is 1. The van der Waals surface area contributed by atoms with E-state index in [1.54, 1.807) is 85.1 Å². The fourth-order valence-corrected chi connectivity index (χ4v) is 4.82. The van der Waals surface area contributed by atoms with E-state index in [0.717, 1.165) is 11.3 Å². The maximum atomic E-state index is 13.4. The molecule has 0 amide bonds. The Balaban J connectivity index is 1.57. The molecule has 0 saturated heterocycles. The van der Waals surface area contributed by atoms with Crippen molar-refractivity contribution in [2.75, 3.05) is 0 Å². The second-order valence-corrected chi connectivity index (χ2v) is 10.1. The molecule has 0 radical (unpaired) electrons. The van der Waals surface area contributed by atoms with E-state index >= 15 is 0 Å². The highest BCUT2D eigenvalue weighted by molar-refractivity contribution is 7.89. The molecule has 0 aliphatic carbocycles. The molecule has 168 valence electrons. The van der Waals surface area contributed by atoms with Gasteiger partial charge in [0.2, 0.25) is 10.0 Å². The summed E-state index contributed by atoms with van der Waals surface area (Å²) in [7, 11) is -3.76. The van der Waals surface area contributed by atoms with Crippen LogP contribution in [-0.2, 0) is 23.1 Å². The van der Waals surface area contributed by atoms with Crippen LogP contribution in [0.3, 0.4) is 0 Å². The lowest BCUT2D eigenvalue weighted by Gasteiger charge is -2.21. The maximum absolute atomic E-state index is 13.4. The topological polar surface area (TPSA) is 62.9 Å². The van der Waals surface area contributed by atoms with Crippen molar-refractivity contribution in [3.8, 4) is 0 Å². The van der Waals surface area contributed by atoms with E-state index in [4.69, 9.17) is 27.6 Å². The van der Waals surface area contributed by atoms with Gasteiger partial charge in [-0.25, -0.2) is 8.42 Å². The Labute approximate surface area is 203 Å². The lowest BCUT2D eigenvalue weighted by molar-refractivity contribution is 0.357. The number of halogens is 2. The largest absolute Gasteiger partial charge is 0.459 e. The predicted molar refractivity (Wildman–Crippen MR) is 132 cm³/mol. The van der Waals surface area contributed by atoms with E-state index in [0.29, 0.717) is 21.6 Å². The van der Waals surface area contributed by atoms with Crippen LogP contribution in [-0.4, -0.2) is 18.9 Å². The molecule has 0 saturated carbocycles. The van der Waals surface area contributed by atoms with Gasteiger partial charge in [0.15, 0.2) is 0 Å². The van der Waals surface area contributed by atoms with Gasteiger partial charge < -0.3 is 4.42 Å². The van der Waals surface area contributed by atoms with E-state index < -0.39 is 10.0 Å². The summed E-state index contributed by atoms with van der Waals surface area (Å²) in [5, 5.41) is 1.22. The van der Waals surface area contributed by atoms with Gasteiger partial charge in [0, 0.05) is 16.6 Å². The van der Waals surface area contributed by atoms with Gasteiger partial charge in [-0.05, 0) is 66.2 Å². The summed E-state index contributed by atoms with van der Waals surface area (Å²) < 4.78 is 34.0. The second-order valence-electron chi connectivity index (χ2n) is 7.25. The summed E-state index contributed by atoms with van der Waals surface area (Å²) in [6, 6.07) is 26.0. The van der Waals surface area contributed by atoms with Crippen LogP contribution in [0.1, 0.15) is 17.1 Å². The Kier molecular flexibility index (Phi) is 7.30. The summed E-state index contributed by atoms with van der Waals surface area (Å²) >= 11 is 11.9. The Morgan fingerprint density at radius 3 is 2.09 bits per heavy atom. The summed E-state index contributed by atoms with van der Waals surface area (Å²) in [5.41, 5.74) is 1.54. The van der Waals surface area contributed by atoms with E-state index in [2.05, 4.69) is 4.99 Å². The first-order chi connectivity index (χ1) is 15.9. The number of rotatable bonds is 8. The Morgan fingerprint density at radius 2 is 1.42 bits per heavy atom. The molecule has 1 heterocycles. The van der Waals surface area contributed by atoms with Crippen molar-refractivity contribution in [2.24, 2.45) is 4.99 Å². The summed E-state index contributed by atoms with van der Waals surface area (Å²) in [5.74, 6) is 1.02. The van der Waals surface area contributed by atoms with Crippen molar-refractivity contribution < 1.29 is 12.8 Å². The molecule has 0 aliphatic rings. The SMILES string of the molecule is O=S(=O)(c1ccccc1)N(Cc1ccc(Cl)cc1)Cc1ccc(C=Nc2ccc(Cl)cc2)o1. The normalized spacial score (nSPS) is 12.0. The van der Waals surface area contributed by atoms with Crippen molar-refractivity contribution in [1.82, 2.24) is 4.31 Å². The number of furan rings is 1. The van der Waals surface area contributed by atoms with Crippen molar-refractivity contribution in [3.05, 3.63) is 118 Å². The number of nitrogens with zero attached hydrogens (tertiary/aromatic N) is 2. The molecule has 0 spiro atoms. The Bertz CT molecular complexity index is 1330. The fourth-order valence-electron chi connectivity index (χ4n) is 3.15. The number of benzene rings is 3. The average molecular weight is 499 g/mol. The van der Waals surface area contributed by atoms with Crippen molar-refractivity contribution in [3.63, 3.8) is 0 Å². The van der Waals surface area contributed by atoms with Gasteiger partial charge >= 0.3 is 0 Å². The minimum absolute atomic E-state index is 0.0641. The maximum Gasteiger partial charge on any atom is 0.243 e. The van der Waals surface area contributed by atoms with Crippen LogP contribution in [0.2, 0.25) is 10.0 Å². The number of hydrogen-bond acceptors (Lipinski definition) is 4. The summed E-state index contributed by atoms with van der Waals surface area (Å²) in [6.45, 7) is 0.234. The predicted octanol–water partition coefficient (Wildman–Crippen LogP) is 6.73. The summed E-state index contributed by atoms with van der Waals surface area (Å²) in [6.07, 6.45) is 1.59. The Hall–Kier alpha value is -2.90. The molecule has 0 bridgehead atoms. The third-order valence-electron chi connectivity index (χ3n) is 4.84. The van der Waals surface area contributed by atoms with E-state index in [1.807, 2.05) is 12.1 Å². The van der Waals surface area contributed by atoms with Crippen molar-refractivity contribution >= 4 is 45.1 Å². The second kappa shape index (κ2) is 10.4. The molecule has 0 aliphatic heterocycles. The first-order valence-corrected chi connectivity index (χ1v) is 12.3. The first kappa shape index (κ1) is 23.3. The highest BCUT2D eigenvalue weighted by Crippen LogP contribution is 2.23. The van der Waals surface area contributed by atoms with Gasteiger partial charge in [-0.2, -0.15) is 4.31 Å². The van der Waals surface area contributed by atoms with Gasteiger partial charge in [0.1, 0.15) is 11.5 Å². The fraction of sp³-hybridized carbons (Fsp3) is 0.0800. The molecule has 0 N–H and O–H groups in total. The third-order valence-corrected chi connectivity index (χ3v) is 7.15. The van der Waals surface area contributed by atoms with Crippen molar-refractivity contribution in [1.29, 1.82) is 0 Å². The highest BCUT2D eigenvalue weighted by atomic mass is 35.5. The molecule has 33 heavy (non-hydrogen) atoms. The molecule has 5 nitrogen and oxygen atoms in total. The smallest absolute Gasteiger partial charge is 0.243 e. The lowest BCUT2D eigenvalue weighted by atomic mass is 10.2. The molecule has 1 aromatic heterocycles. The molecule has 3 aromatic carbocycles. The summed E-state index contributed by atoms with van der Waals surface area (Å²) in [4.78, 5) is 4.58. The number of aliphatic imine (C=N–C) groups is 1. The number of hydrogen-bond donors (Lipinski definition) is 0. The zero-order valence-corrected chi connectivity index (χ0v) is 19.8. The molecule has 0 atom stereocenters. The molecule has 4 aromatic rings. The van der Waals surface area contributed by atoms with Crippen LogP contribution in [0.15, 0.2) is 105 Å². The molecular formula is C25H20Cl2N2O3S. The zero-order valence-electron chi connectivity index (χ0n) is 17.4. The monoisotopic (exact) mass is 498 g/mol. The molecular weight excluding hydrogens is 479 g/mol. The van der Waals surface area contributed by atoms with Crippen LogP contribution in [0.25, 0.3) is 0 Å². The van der Waals surface area contributed by atoms with Crippen LogP contribution in [0.4, 0.5) is 5.69 Å². The van der Waals surface area contributed by atoms with Gasteiger partial charge in [-0.1, -0.05) is 53.5 Å². The van der Waals surface area contributed by atoms with Gasteiger partial charge in [-0.3, -0.25) is 4.99 Å². The lowest BCUT2D eigenvalue weighted by Crippen LogP contribution is -2.30.